The van der Waals surface area contributed by atoms with Crippen molar-refractivity contribution in [2.75, 3.05) is 20.1 Å². The highest BCUT2D eigenvalue weighted by Gasteiger charge is 2.32. The number of carbonyl (C=O) groups excluding carboxylic acids is 2. The van der Waals surface area contributed by atoms with Crippen LogP contribution < -0.4 is 0 Å². The van der Waals surface area contributed by atoms with Gasteiger partial charge in [0, 0.05) is 30.2 Å². The molecule has 2 amide bonds. The lowest BCUT2D eigenvalue weighted by Crippen LogP contribution is -2.46. The molecule has 5 nitrogen and oxygen atoms in total. The summed E-state index contributed by atoms with van der Waals surface area (Å²) in [4.78, 5) is 29.0. The molecular weight excluding hydrogens is 387 g/mol. The average Bonchev–Trinajstić information content (AvgIpc) is 3.20. The van der Waals surface area contributed by atoms with Crippen molar-refractivity contribution in [3.05, 3.63) is 58.0 Å². The Kier molecular flexibility index (Phi) is 6.12. The zero-order valence-electron chi connectivity index (χ0n) is 15.3. The van der Waals surface area contributed by atoms with E-state index in [4.69, 9.17) is 27.6 Å². The highest BCUT2D eigenvalue weighted by Crippen LogP contribution is 2.31. The third-order valence-corrected chi connectivity index (χ3v) is 5.73. The summed E-state index contributed by atoms with van der Waals surface area (Å²) >= 11 is 12.3. The fourth-order valence-electron chi connectivity index (χ4n) is 3.46. The third kappa shape index (κ3) is 4.30. The molecule has 1 aliphatic rings. The summed E-state index contributed by atoms with van der Waals surface area (Å²) in [5, 5.41) is 1.10. The van der Waals surface area contributed by atoms with Crippen LogP contribution in [-0.2, 0) is 4.79 Å². The second-order valence-corrected chi connectivity index (χ2v) is 7.74. The molecule has 2 heterocycles. The largest absolute Gasteiger partial charge is 0.472 e. The van der Waals surface area contributed by atoms with E-state index in [1.165, 1.54) is 12.5 Å². The number of benzene rings is 1. The van der Waals surface area contributed by atoms with E-state index in [1.807, 2.05) is 13.0 Å². The Bertz CT molecular complexity index is 823. The Morgan fingerprint density at radius 2 is 2.07 bits per heavy atom. The van der Waals surface area contributed by atoms with Crippen LogP contribution in [0.2, 0.25) is 10.0 Å². The molecule has 144 valence electrons. The van der Waals surface area contributed by atoms with Crippen LogP contribution in [0.4, 0.5) is 0 Å². The molecule has 1 aromatic heterocycles. The summed E-state index contributed by atoms with van der Waals surface area (Å²) in [7, 11) is 1.77. The zero-order valence-corrected chi connectivity index (χ0v) is 16.8. The van der Waals surface area contributed by atoms with Gasteiger partial charge >= 0.3 is 0 Å². The van der Waals surface area contributed by atoms with E-state index >= 15 is 0 Å². The van der Waals surface area contributed by atoms with E-state index in [9.17, 15) is 9.59 Å². The van der Waals surface area contributed by atoms with Crippen molar-refractivity contribution in [1.29, 1.82) is 0 Å². The highest BCUT2D eigenvalue weighted by atomic mass is 35.5. The summed E-state index contributed by atoms with van der Waals surface area (Å²) in [5.41, 5.74) is 1.36. The van der Waals surface area contributed by atoms with Gasteiger partial charge in [0.05, 0.1) is 23.8 Å². The molecule has 0 N–H and O–H groups in total. The van der Waals surface area contributed by atoms with Crippen LogP contribution >= 0.6 is 23.2 Å². The summed E-state index contributed by atoms with van der Waals surface area (Å²) < 4.78 is 4.99. The highest BCUT2D eigenvalue weighted by molar-refractivity contribution is 6.35. The minimum atomic E-state index is -0.229. The van der Waals surface area contributed by atoms with Gasteiger partial charge < -0.3 is 14.2 Å². The van der Waals surface area contributed by atoms with Crippen LogP contribution in [-0.4, -0.2) is 41.8 Å². The Labute approximate surface area is 168 Å². The topological polar surface area (TPSA) is 53.8 Å². The molecule has 0 radical (unpaired) electrons. The van der Waals surface area contributed by atoms with Crippen molar-refractivity contribution in [2.24, 2.45) is 5.92 Å². The number of amides is 2. The van der Waals surface area contributed by atoms with Crippen molar-refractivity contribution in [2.45, 2.75) is 25.8 Å². The van der Waals surface area contributed by atoms with E-state index in [0.29, 0.717) is 28.7 Å². The van der Waals surface area contributed by atoms with Crippen molar-refractivity contribution < 1.29 is 14.0 Å². The molecule has 27 heavy (non-hydrogen) atoms. The van der Waals surface area contributed by atoms with Gasteiger partial charge in [0.2, 0.25) is 5.91 Å². The first-order valence-electron chi connectivity index (χ1n) is 8.91. The third-order valence-electron chi connectivity index (χ3n) is 5.17. The molecule has 7 heteroatoms. The Balaban J connectivity index is 1.69. The lowest BCUT2D eigenvalue weighted by atomic mass is 9.95. The fraction of sp³-hybridized carbons (Fsp3) is 0.400. The van der Waals surface area contributed by atoms with Crippen molar-refractivity contribution in [1.82, 2.24) is 9.80 Å². The number of hydrogen-bond acceptors (Lipinski definition) is 3. The molecule has 0 saturated carbocycles. The number of rotatable bonds is 4. The zero-order chi connectivity index (χ0) is 19.6. The van der Waals surface area contributed by atoms with E-state index in [0.717, 1.165) is 18.4 Å². The minimum Gasteiger partial charge on any atom is -0.472 e. The molecular formula is C20H22Cl2N2O3. The summed E-state index contributed by atoms with van der Waals surface area (Å²) in [6, 6.07) is 6.74. The monoisotopic (exact) mass is 408 g/mol. The number of furan rings is 1. The first-order chi connectivity index (χ1) is 12.9. The molecule has 1 aliphatic heterocycles. The quantitative estimate of drug-likeness (QED) is 0.738. The normalized spacial score (nSPS) is 18.2. The van der Waals surface area contributed by atoms with Gasteiger partial charge in [0.15, 0.2) is 0 Å². The van der Waals surface area contributed by atoms with Crippen LogP contribution in [0.3, 0.4) is 0 Å². The van der Waals surface area contributed by atoms with Crippen LogP contribution in [0, 0.1) is 5.92 Å². The maximum atomic E-state index is 13.0. The molecule has 2 atom stereocenters. The second-order valence-electron chi connectivity index (χ2n) is 6.89. The molecule has 1 aromatic carbocycles. The van der Waals surface area contributed by atoms with E-state index < -0.39 is 0 Å². The number of carbonyl (C=O) groups is 2. The molecule has 0 aliphatic carbocycles. The maximum absolute atomic E-state index is 13.0. The van der Waals surface area contributed by atoms with Crippen molar-refractivity contribution >= 4 is 35.0 Å². The van der Waals surface area contributed by atoms with Gasteiger partial charge in [-0.1, -0.05) is 29.3 Å². The van der Waals surface area contributed by atoms with Crippen LogP contribution in [0.25, 0.3) is 0 Å². The first-order valence-corrected chi connectivity index (χ1v) is 9.67. The number of hydrogen-bond donors (Lipinski definition) is 0. The number of halogens is 2. The second kappa shape index (κ2) is 8.36. The van der Waals surface area contributed by atoms with Crippen LogP contribution in [0.5, 0.6) is 0 Å². The molecule has 1 saturated heterocycles. The summed E-state index contributed by atoms with van der Waals surface area (Å²) in [6.45, 7) is 2.99. The molecule has 1 fully saturated rings. The van der Waals surface area contributed by atoms with Gasteiger partial charge in [-0.15, -0.1) is 0 Å². The maximum Gasteiger partial charge on any atom is 0.257 e. The van der Waals surface area contributed by atoms with Crippen LogP contribution in [0.15, 0.2) is 41.2 Å². The summed E-state index contributed by atoms with van der Waals surface area (Å²) in [6.07, 6.45) is 4.47. The molecule has 0 bridgehead atoms. The predicted molar refractivity (Wildman–Crippen MR) is 105 cm³/mol. The lowest BCUT2D eigenvalue weighted by Gasteiger charge is -2.35. The van der Waals surface area contributed by atoms with E-state index in [-0.39, 0.29) is 23.8 Å². The van der Waals surface area contributed by atoms with Gasteiger partial charge in [0.1, 0.15) is 6.26 Å². The van der Waals surface area contributed by atoms with Crippen molar-refractivity contribution in [3.8, 4) is 0 Å². The number of nitrogens with zero attached hydrogens (tertiary/aromatic N) is 2. The summed E-state index contributed by atoms with van der Waals surface area (Å²) in [5.74, 6) is -0.316. The SMILES string of the molecule is C[C@H](c1ccc(Cl)cc1Cl)N(C)C(=O)[C@@H]1CCCN(C(=O)c2ccoc2)C1. The van der Waals surface area contributed by atoms with Gasteiger partial charge in [-0.05, 0) is 43.5 Å². The van der Waals surface area contributed by atoms with Gasteiger partial charge in [0.25, 0.3) is 5.91 Å². The van der Waals surface area contributed by atoms with Gasteiger partial charge in [-0.2, -0.15) is 0 Å². The lowest BCUT2D eigenvalue weighted by molar-refractivity contribution is -0.137. The van der Waals surface area contributed by atoms with Gasteiger partial charge in [-0.25, -0.2) is 0 Å². The van der Waals surface area contributed by atoms with Gasteiger partial charge in [-0.3, -0.25) is 9.59 Å². The number of piperidine rings is 1. The Morgan fingerprint density at radius 3 is 2.74 bits per heavy atom. The standard InChI is InChI=1S/C20H22Cl2N2O3/c1-13(17-6-5-16(21)10-18(17)22)23(2)19(25)14-4-3-8-24(11-14)20(26)15-7-9-27-12-15/h5-7,9-10,12-14H,3-4,8,11H2,1-2H3/t13-,14-/m1/s1. The molecule has 0 unspecified atom stereocenters. The van der Waals surface area contributed by atoms with E-state index in [1.54, 1.807) is 35.0 Å². The molecule has 3 rings (SSSR count). The average molecular weight is 409 g/mol. The van der Waals surface area contributed by atoms with E-state index in [2.05, 4.69) is 0 Å². The Morgan fingerprint density at radius 1 is 1.30 bits per heavy atom. The predicted octanol–water partition coefficient (Wildman–Crippen LogP) is 4.66. The molecule has 0 spiro atoms. The Hall–Kier alpha value is -1.98. The minimum absolute atomic E-state index is 0.0122. The van der Waals surface area contributed by atoms with Crippen molar-refractivity contribution in [3.63, 3.8) is 0 Å². The number of likely N-dealkylation sites (tertiary alicyclic amines) is 1. The first kappa shape index (κ1) is 19.8. The molecule has 2 aromatic rings. The fourth-order valence-corrected chi connectivity index (χ4v) is 4.03. The smallest absolute Gasteiger partial charge is 0.257 e. The van der Waals surface area contributed by atoms with Crippen LogP contribution in [0.1, 0.15) is 41.7 Å².